The van der Waals surface area contributed by atoms with Gasteiger partial charge in [0.15, 0.2) is 0 Å². The van der Waals surface area contributed by atoms with Gasteiger partial charge in [-0.25, -0.2) is 4.90 Å². The highest BCUT2D eigenvalue weighted by Gasteiger charge is 2.40. The van der Waals surface area contributed by atoms with Gasteiger partial charge in [-0.05, 0) is 48.9 Å². The maximum absolute atomic E-state index is 13.5. The number of carbonyl (C=O) groups excluding carboxylic acids is 2. The average Bonchev–Trinajstić information content (AvgIpc) is 2.96. The summed E-state index contributed by atoms with van der Waals surface area (Å²) in [6, 6.07) is 11.4. The van der Waals surface area contributed by atoms with E-state index in [1.807, 2.05) is 44.2 Å². The van der Waals surface area contributed by atoms with Gasteiger partial charge < -0.3 is 4.74 Å². The number of hydrogen-bond acceptors (Lipinski definition) is 3. The van der Waals surface area contributed by atoms with Gasteiger partial charge in [0.1, 0.15) is 0 Å². The third-order valence-electron chi connectivity index (χ3n) is 5.20. The van der Waals surface area contributed by atoms with Crippen molar-refractivity contribution in [2.75, 3.05) is 11.5 Å². The van der Waals surface area contributed by atoms with Crippen LogP contribution in [-0.2, 0) is 24.2 Å². The van der Waals surface area contributed by atoms with Crippen molar-refractivity contribution in [2.45, 2.75) is 53.1 Å². The molecule has 152 valence electrons. The summed E-state index contributed by atoms with van der Waals surface area (Å²) in [5.74, 6) is -0.521. The Kier molecular flexibility index (Phi) is 6.65. The normalized spacial score (nSPS) is 13.1. The van der Waals surface area contributed by atoms with Crippen LogP contribution in [-0.4, -0.2) is 18.4 Å². The summed E-state index contributed by atoms with van der Waals surface area (Å²) in [6.45, 7) is 11.1. The quantitative estimate of drug-likeness (QED) is 0.323. The summed E-state index contributed by atoms with van der Waals surface area (Å²) in [7, 11) is 0. The minimum Gasteiger partial charge on any atom is -0.377 e. The summed E-state index contributed by atoms with van der Waals surface area (Å²) in [5, 5.41) is 0. The maximum Gasteiger partial charge on any atom is 0.266 e. The van der Waals surface area contributed by atoms with E-state index < -0.39 is 0 Å². The van der Waals surface area contributed by atoms with E-state index in [0.29, 0.717) is 36.4 Å². The van der Waals surface area contributed by atoms with Gasteiger partial charge in [0.05, 0.1) is 23.4 Å². The third-order valence-corrected chi connectivity index (χ3v) is 5.20. The monoisotopic (exact) mass is 391 g/mol. The first kappa shape index (κ1) is 21.0. The van der Waals surface area contributed by atoms with Crippen molar-refractivity contribution in [1.82, 2.24) is 0 Å². The van der Waals surface area contributed by atoms with Gasteiger partial charge in [0.25, 0.3) is 11.8 Å². The average molecular weight is 392 g/mol. The lowest BCUT2D eigenvalue weighted by Gasteiger charge is -2.22. The molecule has 0 saturated carbocycles. The summed E-state index contributed by atoms with van der Waals surface area (Å²) in [6.07, 6.45) is 3.39. The van der Waals surface area contributed by atoms with E-state index in [1.54, 1.807) is 6.07 Å². The van der Waals surface area contributed by atoms with Gasteiger partial charge in [-0.15, -0.1) is 0 Å². The molecule has 1 aliphatic heterocycles. The Morgan fingerprint density at radius 2 is 1.69 bits per heavy atom. The molecule has 0 atom stereocenters. The molecule has 0 aromatic heterocycles. The second-order valence-corrected chi connectivity index (χ2v) is 7.60. The molecule has 0 fully saturated rings. The predicted octanol–water partition coefficient (Wildman–Crippen LogP) is 5.48. The molecular formula is C25H29NO3. The van der Waals surface area contributed by atoms with Gasteiger partial charge in [0, 0.05) is 6.61 Å². The number of aryl methyl sites for hydroxylation is 1. The Morgan fingerprint density at radius 1 is 1.00 bits per heavy atom. The Hall–Kier alpha value is -2.72. The van der Waals surface area contributed by atoms with Crippen molar-refractivity contribution in [3.8, 4) is 0 Å². The molecule has 0 aliphatic carbocycles. The van der Waals surface area contributed by atoms with E-state index in [2.05, 4.69) is 13.5 Å². The Morgan fingerprint density at radius 3 is 2.38 bits per heavy atom. The first-order valence-corrected chi connectivity index (χ1v) is 10.3. The maximum atomic E-state index is 13.5. The third kappa shape index (κ3) is 4.18. The van der Waals surface area contributed by atoms with Crippen molar-refractivity contribution in [3.63, 3.8) is 0 Å². The molecular weight excluding hydrogens is 362 g/mol. The second kappa shape index (κ2) is 9.19. The standard InChI is InChI=1S/C25H29NO3/c1-5-7-14-29-16-20-12-9-13-21-22(20)25(28)26(24(21)27)23-18(6-2)10-8-11-19(23)15-17(3)4/h8-13H,3,5-7,14-16H2,1-2,4H3. The van der Waals surface area contributed by atoms with Gasteiger partial charge in [-0.2, -0.15) is 0 Å². The van der Waals surface area contributed by atoms with Crippen molar-refractivity contribution < 1.29 is 14.3 Å². The number of unbranched alkanes of at least 4 members (excludes halogenated alkanes) is 1. The zero-order valence-corrected chi connectivity index (χ0v) is 17.6. The van der Waals surface area contributed by atoms with E-state index in [9.17, 15) is 9.59 Å². The molecule has 0 spiro atoms. The highest BCUT2D eigenvalue weighted by molar-refractivity contribution is 6.35. The van der Waals surface area contributed by atoms with E-state index >= 15 is 0 Å². The van der Waals surface area contributed by atoms with E-state index in [4.69, 9.17) is 4.74 Å². The fraction of sp³-hybridized carbons (Fsp3) is 0.360. The highest BCUT2D eigenvalue weighted by Crippen LogP contribution is 2.36. The van der Waals surface area contributed by atoms with Gasteiger partial charge >= 0.3 is 0 Å². The van der Waals surface area contributed by atoms with Crippen LogP contribution in [0.25, 0.3) is 0 Å². The van der Waals surface area contributed by atoms with Crippen molar-refractivity contribution in [2.24, 2.45) is 0 Å². The van der Waals surface area contributed by atoms with Gasteiger partial charge in [-0.3, -0.25) is 9.59 Å². The summed E-state index contributed by atoms with van der Waals surface area (Å²) < 4.78 is 5.74. The SMILES string of the molecule is C=C(C)Cc1cccc(CC)c1N1C(=O)c2cccc(COCCCC)c2C1=O. The van der Waals surface area contributed by atoms with Gasteiger partial charge in [0.2, 0.25) is 0 Å². The molecule has 2 amide bonds. The fourth-order valence-corrected chi connectivity index (χ4v) is 3.79. The molecule has 1 aliphatic rings. The zero-order chi connectivity index (χ0) is 21.0. The number of benzene rings is 2. The second-order valence-electron chi connectivity index (χ2n) is 7.60. The van der Waals surface area contributed by atoms with E-state index in [1.165, 1.54) is 4.90 Å². The minimum absolute atomic E-state index is 0.260. The first-order chi connectivity index (χ1) is 14.0. The molecule has 0 N–H and O–H groups in total. The number of imide groups is 1. The van der Waals surface area contributed by atoms with Crippen LogP contribution < -0.4 is 4.90 Å². The molecule has 0 radical (unpaired) electrons. The Bertz CT molecular complexity index is 945. The van der Waals surface area contributed by atoms with Crippen LogP contribution in [0.5, 0.6) is 0 Å². The summed E-state index contributed by atoms with van der Waals surface area (Å²) >= 11 is 0. The lowest BCUT2D eigenvalue weighted by Crippen LogP contribution is -2.31. The van der Waals surface area contributed by atoms with E-state index in [-0.39, 0.29) is 11.8 Å². The summed E-state index contributed by atoms with van der Waals surface area (Å²) in [5.41, 5.74) is 5.34. The van der Waals surface area contributed by atoms with Crippen LogP contribution in [0, 0.1) is 0 Å². The molecule has 2 aromatic carbocycles. The van der Waals surface area contributed by atoms with Crippen LogP contribution in [0.2, 0.25) is 0 Å². The molecule has 3 rings (SSSR count). The van der Waals surface area contributed by atoms with Crippen LogP contribution in [0.3, 0.4) is 0 Å². The number of carbonyl (C=O) groups is 2. The minimum atomic E-state index is -0.261. The molecule has 2 aromatic rings. The number of amides is 2. The number of anilines is 1. The van der Waals surface area contributed by atoms with E-state index in [0.717, 1.165) is 41.5 Å². The molecule has 4 heteroatoms. The number of fused-ring (bicyclic) bond motifs is 1. The molecule has 4 nitrogen and oxygen atoms in total. The van der Waals surface area contributed by atoms with Crippen LogP contribution in [0.1, 0.15) is 71.0 Å². The van der Waals surface area contributed by atoms with Crippen LogP contribution in [0.4, 0.5) is 5.69 Å². The first-order valence-electron chi connectivity index (χ1n) is 10.3. The van der Waals surface area contributed by atoms with Crippen LogP contribution in [0.15, 0.2) is 48.6 Å². The number of nitrogens with zero attached hydrogens (tertiary/aromatic N) is 1. The predicted molar refractivity (Wildman–Crippen MR) is 116 cm³/mol. The van der Waals surface area contributed by atoms with Gasteiger partial charge in [-0.1, -0.05) is 62.8 Å². The molecule has 29 heavy (non-hydrogen) atoms. The zero-order valence-electron chi connectivity index (χ0n) is 17.6. The fourth-order valence-electron chi connectivity index (χ4n) is 3.79. The van der Waals surface area contributed by atoms with Crippen molar-refractivity contribution in [3.05, 3.63) is 76.4 Å². The molecule has 0 bridgehead atoms. The van der Waals surface area contributed by atoms with Crippen molar-refractivity contribution in [1.29, 1.82) is 0 Å². The number of para-hydroxylation sites is 1. The summed E-state index contributed by atoms with van der Waals surface area (Å²) in [4.78, 5) is 28.1. The van der Waals surface area contributed by atoms with Crippen LogP contribution >= 0.6 is 0 Å². The highest BCUT2D eigenvalue weighted by atomic mass is 16.5. The molecule has 0 saturated heterocycles. The number of ether oxygens (including phenoxy) is 1. The smallest absolute Gasteiger partial charge is 0.266 e. The van der Waals surface area contributed by atoms with Crippen molar-refractivity contribution >= 4 is 17.5 Å². The molecule has 0 unspecified atom stereocenters. The number of rotatable bonds is 9. The lowest BCUT2D eigenvalue weighted by molar-refractivity contribution is 0.0921. The Balaban J connectivity index is 2.02. The largest absolute Gasteiger partial charge is 0.377 e. The Labute approximate surface area is 173 Å². The lowest BCUT2D eigenvalue weighted by atomic mass is 9.99. The molecule has 1 heterocycles. The topological polar surface area (TPSA) is 46.6 Å². The number of hydrogen-bond donors (Lipinski definition) is 0. The number of allylic oxidation sites excluding steroid dienone is 1.